The molecular formula is C49H57N3O6. The van der Waals surface area contributed by atoms with Crippen LogP contribution in [0.25, 0.3) is 22.9 Å². The second-order valence-corrected chi connectivity index (χ2v) is 17.1. The molecule has 4 aliphatic rings. The number of aliphatic hydroxyl groups is 1. The fourth-order valence-corrected chi connectivity index (χ4v) is 11.2. The van der Waals surface area contributed by atoms with Crippen LogP contribution in [0.2, 0.25) is 0 Å². The van der Waals surface area contributed by atoms with Gasteiger partial charge in [-0.05, 0) is 114 Å². The number of unbranched alkanes of at least 4 members (excludes halogenated alkanes) is 2. The van der Waals surface area contributed by atoms with Gasteiger partial charge in [-0.15, -0.1) is 0 Å². The zero-order chi connectivity index (χ0) is 40.4. The third-order valence-corrected chi connectivity index (χ3v) is 13.9. The van der Waals surface area contributed by atoms with Crippen molar-refractivity contribution in [2.24, 2.45) is 32.7 Å². The highest BCUT2D eigenvalue weighted by molar-refractivity contribution is 6.34. The smallest absolute Gasteiger partial charge is 0.169 e. The summed E-state index contributed by atoms with van der Waals surface area (Å²) in [5.74, 6) is -0.603. The van der Waals surface area contributed by atoms with Crippen molar-refractivity contribution in [1.29, 1.82) is 0 Å². The van der Waals surface area contributed by atoms with Crippen LogP contribution in [-0.2, 0) is 25.8 Å². The highest BCUT2D eigenvalue weighted by Crippen LogP contribution is 2.64. The monoisotopic (exact) mass is 783 g/mol. The van der Waals surface area contributed by atoms with E-state index >= 15 is 0 Å². The molecule has 4 aromatic rings. The molecule has 0 aromatic heterocycles. The number of phenols is 5. The molecule has 3 aliphatic carbocycles. The summed E-state index contributed by atoms with van der Waals surface area (Å²) in [6.45, 7) is 4.12. The first-order valence-electron chi connectivity index (χ1n) is 21.3. The third-order valence-electron chi connectivity index (χ3n) is 13.9. The van der Waals surface area contributed by atoms with Gasteiger partial charge in [-0.3, -0.25) is 9.98 Å². The predicted octanol–water partition coefficient (Wildman–Crippen LogP) is 9.13. The van der Waals surface area contributed by atoms with Gasteiger partial charge in [-0.2, -0.15) is 0 Å². The van der Waals surface area contributed by atoms with E-state index in [4.69, 9.17) is 4.99 Å². The van der Waals surface area contributed by atoms with E-state index in [0.29, 0.717) is 54.0 Å². The van der Waals surface area contributed by atoms with Crippen LogP contribution in [0.1, 0.15) is 98.1 Å². The van der Waals surface area contributed by atoms with Crippen molar-refractivity contribution in [2.75, 3.05) is 13.2 Å². The summed E-state index contributed by atoms with van der Waals surface area (Å²) in [6.07, 6.45) is 21.6. The average molecular weight is 784 g/mol. The molecule has 7 N–H and O–H groups in total. The molecule has 9 heteroatoms. The maximum atomic E-state index is 11.7. The molecule has 4 aromatic carbocycles. The van der Waals surface area contributed by atoms with Crippen molar-refractivity contribution in [1.82, 2.24) is 5.32 Å². The summed E-state index contributed by atoms with van der Waals surface area (Å²) in [5.41, 5.74) is 6.39. The zero-order valence-electron chi connectivity index (χ0n) is 33.5. The van der Waals surface area contributed by atoms with E-state index in [1.807, 2.05) is 12.3 Å². The molecule has 2 fully saturated rings. The second-order valence-electron chi connectivity index (χ2n) is 17.1. The van der Waals surface area contributed by atoms with E-state index in [0.717, 1.165) is 56.3 Å². The maximum Gasteiger partial charge on any atom is 0.169 e. The number of hydrogen-bond donors (Lipinski definition) is 7. The number of rotatable bonds is 14. The lowest BCUT2D eigenvalue weighted by atomic mass is 9.47. The van der Waals surface area contributed by atoms with Crippen molar-refractivity contribution < 1.29 is 30.6 Å². The SMILES string of the molecule is CCCCCc1cc(CCc2c(O)c(O)c3c(O)cccc3c2C=Cc2ccc(O)c(O)c2)ccc1CNCC1(C2=NCN=C2)CCCC23CCCC2C=CC(O)C13. The molecule has 0 saturated heterocycles. The first-order valence-corrected chi connectivity index (χ1v) is 21.3. The minimum Gasteiger partial charge on any atom is -0.507 e. The number of aromatic hydroxyl groups is 5. The van der Waals surface area contributed by atoms with Gasteiger partial charge in [0.25, 0.3) is 0 Å². The molecule has 1 spiro atoms. The van der Waals surface area contributed by atoms with Gasteiger partial charge < -0.3 is 36.0 Å². The lowest BCUT2D eigenvalue weighted by Gasteiger charge is -2.58. The van der Waals surface area contributed by atoms with Gasteiger partial charge in [0.1, 0.15) is 12.4 Å². The number of fused-ring (bicyclic) bond motifs is 1. The number of aliphatic hydroxyl groups excluding tert-OH is 1. The molecule has 9 nitrogen and oxygen atoms in total. The largest absolute Gasteiger partial charge is 0.507 e. The minimum absolute atomic E-state index is 0.108. The Morgan fingerprint density at radius 2 is 1.67 bits per heavy atom. The number of nitrogens with one attached hydrogen (secondary N) is 1. The quantitative estimate of drug-likeness (QED) is 0.0291. The summed E-state index contributed by atoms with van der Waals surface area (Å²) in [6, 6.07) is 16.2. The zero-order valence-corrected chi connectivity index (χ0v) is 33.5. The van der Waals surface area contributed by atoms with E-state index in [1.165, 1.54) is 55.0 Å². The number of allylic oxidation sites excluding steroid dienone is 1. The summed E-state index contributed by atoms with van der Waals surface area (Å²) < 4.78 is 0. The molecule has 5 unspecified atom stereocenters. The van der Waals surface area contributed by atoms with Crippen LogP contribution < -0.4 is 5.32 Å². The van der Waals surface area contributed by atoms with Crippen LogP contribution in [0.5, 0.6) is 28.7 Å². The fraction of sp³-hybridized carbons (Fsp3) is 0.429. The summed E-state index contributed by atoms with van der Waals surface area (Å²) in [7, 11) is 0. The topological polar surface area (TPSA) is 158 Å². The van der Waals surface area contributed by atoms with Crippen LogP contribution in [0.3, 0.4) is 0 Å². The van der Waals surface area contributed by atoms with Gasteiger partial charge in [0.05, 0.1) is 17.2 Å². The van der Waals surface area contributed by atoms with E-state index in [1.54, 1.807) is 24.3 Å². The van der Waals surface area contributed by atoms with Gasteiger partial charge in [0.2, 0.25) is 0 Å². The number of nitrogens with zero attached hydrogens (tertiary/aromatic N) is 2. The Labute approximate surface area is 341 Å². The molecule has 5 atom stereocenters. The van der Waals surface area contributed by atoms with Crippen LogP contribution in [0, 0.1) is 22.7 Å². The molecular weight excluding hydrogens is 727 g/mol. The van der Waals surface area contributed by atoms with Crippen molar-refractivity contribution in [3.8, 4) is 28.7 Å². The Hall–Kier alpha value is -5.12. The second kappa shape index (κ2) is 16.6. The van der Waals surface area contributed by atoms with Gasteiger partial charge in [-0.1, -0.05) is 93.3 Å². The number of aryl methyl sites for hydroxylation is 2. The van der Waals surface area contributed by atoms with E-state index in [2.05, 4.69) is 47.6 Å². The molecule has 0 amide bonds. The Balaban J connectivity index is 1.06. The third kappa shape index (κ3) is 7.28. The summed E-state index contributed by atoms with van der Waals surface area (Å²) in [5, 5.41) is 69.6. The summed E-state index contributed by atoms with van der Waals surface area (Å²) >= 11 is 0. The van der Waals surface area contributed by atoms with Crippen molar-refractivity contribution in [2.45, 2.75) is 96.6 Å². The Kier molecular flexibility index (Phi) is 11.4. The van der Waals surface area contributed by atoms with Crippen LogP contribution in [0.15, 0.2) is 76.7 Å². The lowest BCUT2D eigenvalue weighted by Crippen LogP contribution is -2.60. The number of benzene rings is 4. The minimum atomic E-state index is -0.496. The Morgan fingerprint density at radius 3 is 2.48 bits per heavy atom. The molecule has 304 valence electrons. The Morgan fingerprint density at radius 1 is 0.810 bits per heavy atom. The molecule has 1 heterocycles. The van der Waals surface area contributed by atoms with Crippen molar-refractivity contribution in [3.05, 3.63) is 100 Å². The van der Waals surface area contributed by atoms with Crippen molar-refractivity contribution in [3.63, 3.8) is 0 Å². The summed E-state index contributed by atoms with van der Waals surface area (Å²) in [4.78, 5) is 9.49. The van der Waals surface area contributed by atoms with Gasteiger partial charge in [0, 0.05) is 36.2 Å². The standard InChI is InChI=1S/C49H57N3O6/c1-2-3-4-8-33-25-31(14-19-38-36(18-13-32-15-20-39(53)42(56)26-32)37-10-5-11-40(54)44(37)46(58)45(38)57)12-16-34(33)27-50-29-49(43-28-51-30-52-43)24-7-23-48-22-6-9-35(48)17-21-41(55)47(48)49/h5,10-13,15-18,20-21,25-26,28,35,41,47,50,53-58H,2-4,6-9,14,19,22-24,27,29-30H2,1H3. The van der Waals surface area contributed by atoms with Gasteiger partial charge >= 0.3 is 0 Å². The Bertz CT molecular complexity index is 2300. The molecule has 58 heavy (non-hydrogen) atoms. The average Bonchev–Trinajstić information content (AvgIpc) is 3.91. The van der Waals surface area contributed by atoms with E-state index < -0.39 is 6.10 Å². The number of aliphatic imine (C=N–C) groups is 2. The molecule has 2 saturated carbocycles. The maximum absolute atomic E-state index is 11.7. The van der Waals surface area contributed by atoms with Gasteiger partial charge in [0.15, 0.2) is 23.0 Å². The van der Waals surface area contributed by atoms with Crippen LogP contribution >= 0.6 is 0 Å². The van der Waals surface area contributed by atoms with E-state index in [9.17, 15) is 30.6 Å². The van der Waals surface area contributed by atoms with E-state index in [-0.39, 0.29) is 50.9 Å². The van der Waals surface area contributed by atoms with Gasteiger partial charge in [-0.25, -0.2) is 0 Å². The van der Waals surface area contributed by atoms with Crippen LogP contribution in [-0.4, -0.2) is 61.9 Å². The molecule has 1 aliphatic heterocycles. The molecule has 0 radical (unpaired) electrons. The first-order chi connectivity index (χ1) is 28.1. The lowest BCUT2D eigenvalue weighted by molar-refractivity contribution is -0.0761. The fourth-order valence-electron chi connectivity index (χ4n) is 11.2. The predicted molar refractivity (Wildman–Crippen MR) is 232 cm³/mol. The normalized spacial score (nSPS) is 25.1. The van der Waals surface area contributed by atoms with Crippen molar-refractivity contribution >= 4 is 34.9 Å². The highest BCUT2D eigenvalue weighted by Gasteiger charge is 2.62. The van der Waals surface area contributed by atoms with Crippen LogP contribution in [0.4, 0.5) is 0 Å². The number of phenolic OH excluding ortho intramolecular Hbond substituents is 5. The first kappa shape index (κ1) is 39.7. The molecule has 0 bridgehead atoms. The highest BCUT2D eigenvalue weighted by atomic mass is 16.3. The molecule has 8 rings (SSSR count). The number of hydrogen-bond acceptors (Lipinski definition) is 9.